The quantitative estimate of drug-likeness (QED) is 0.575. The lowest BCUT2D eigenvalue weighted by atomic mass is 10.0. The molecular weight excluding hydrogens is 404 g/mol. The van der Waals surface area contributed by atoms with Gasteiger partial charge in [0.2, 0.25) is 10.0 Å². The van der Waals surface area contributed by atoms with Gasteiger partial charge in [-0.05, 0) is 31.2 Å². The second-order valence-electron chi connectivity index (χ2n) is 7.28. The molecule has 1 aliphatic rings. The third-order valence-electron chi connectivity index (χ3n) is 5.33. The number of pyridine rings is 1. The van der Waals surface area contributed by atoms with Crippen LogP contribution in [0.4, 0.5) is 0 Å². The zero-order valence-corrected chi connectivity index (χ0v) is 18.0. The molecule has 8 nitrogen and oxygen atoms in total. The van der Waals surface area contributed by atoms with Crippen LogP contribution in [-0.2, 0) is 16.6 Å². The fourth-order valence-corrected chi connectivity index (χ4v) is 5.40. The van der Waals surface area contributed by atoms with E-state index >= 15 is 0 Å². The minimum atomic E-state index is -3.67. The molecule has 3 aromatic rings. The van der Waals surface area contributed by atoms with Gasteiger partial charge in [-0.15, -0.1) is 0 Å². The Morgan fingerprint density at radius 1 is 1.13 bits per heavy atom. The van der Waals surface area contributed by atoms with Crippen LogP contribution in [0.15, 0.2) is 53.8 Å². The molecule has 4 rings (SSSR count). The number of nitrogens with zero attached hydrogens (tertiary/aromatic N) is 4. The van der Waals surface area contributed by atoms with Crippen molar-refractivity contribution in [3.8, 4) is 22.9 Å². The first-order chi connectivity index (χ1) is 14.4. The molecule has 0 radical (unpaired) electrons. The Labute approximate surface area is 176 Å². The number of rotatable bonds is 7. The van der Waals surface area contributed by atoms with Crippen LogP contribution in [0, 0.1) is 12.8 Å². The van der Waals surface area contributed by atoms with E-state index in [0.717, 1.165) is 17.1 Å². The monoisotopic (exact) mass is 428 g/mol. The van der Waals surface area contributed by atoms with E-state index in [2.05, 4.69) is 14.5 Å². The van der Waals surface area contributed by atoms with E-state index in [4.69, 9.17) is 9.47 Å². The maximum atomic E-state index is 13.1. The van der Waals surface area contributed by atoms with Crippen LogP contribution in [-0.4, -0.2) is 54.6 Å². The molecule has 9 heteroatoms. The number of sulfonamides is 1. The van der Waals surface area contributed by atoms with Gasteiger partial charge in [0.15, 0.2) is 0 Å². The summed E-state index contributed by atoms with van der Waals surface area (Å²) in [5, 5.41) is 0. The topological polar surface area (TPSA) is 86.5 Å². The Bertz CT molecular complexity index is 1140. The molecule has 0 spiro atoms. The van der Waals surface area contributed by atoms with Gasteiger partial charge in [-0.2, -0.15) is 4.31 Å². The van der Waals surface area contributed by atoms with Crippen molar-refractivity contribution in [1.82, 2.24) is 18.8 Å². The highest BCUT2D eigenvalue weighted by atomic mass is 32.2. The number of aromatic nitrogens is 3. The molecular formula is C21H24N4O4S. The van der Waals surface area contributed by atoms with Crippen LogP contribution >= 0.6 is 0 Å². The van der Waals surface area contributed by atoms with Crippen molar-refractivity contribution in [2.45, 2.75) is 18.4 Å². The van der Waals surface area contributed by atoms with Crippen molar-refractivity contribution < 1.29 is 17.9 Å². The van der Waals surface area contributed by atoms with Crippen LogP contribution in [0.2, 0.25) is 0 Å². The van der Waals surface area contributed by atoms with Crippen molar-refractivity contribution in [3.63, 3.8) is 0 Å². The molecule has 1 aliphatic heterocycles. The van der Waals surface area contributed by atoms with Crippen LogP contribution < -0.4 is 9.47 Å². The van der Waals surface area contributed by atoms with Gasteiger partial charge in [-0.25, -0.2) is 13.4 Å². The zero-order chi connectivity index (χ0) is 21.3. The average molecular weight is 429 g/mol. The summed E-state index contributed by atoms with van der Waals surface area (Å²) >= 11 is 0. The fourth-order valence-electron chi connectivity index (χ4n) is 3.63. The maximum Gasteiger partial charge on any atom is 0.246 e. The predicted octanol–water partition coefficient (Wildman–Crippen LogP) is 2.59. The highest BCUT2D eigenvalue weighted by Crippen LogP contribution is 2.34. The van der Waals surface area contributed by atoms with E-state index in [-0.39, 0.29) is 10.8 Å². The van der Waals surface area contributed by atoms with E-state index in [0.29, 0.717) is 31.1 Å². The summed E-state index contributed by atoms with van der Waals surface area (Å²) in [5.74, 6) is 1.82. The smallest absolute Gasteiger partial charge is 0.246 e. The van der Waals surface area contributed by atoms with Crippen molar-refractivity contribution in [2.24, 2.45) is 5.92 Å². The van der Waals surface area contributed by atoms with Gasteiger partial charge >= 0.3 is 0 Å². The Kier molecular flexibility index (Phi) is 5.48. The summed E-state index contributed by atoms with van der Waals surface area (Å²) < 4.78 is 40.3. The normalized spacial score (nSPS) is 15.0. The van der Waals surface area contributed by atoms with E-state index in [1.165, 1.54) is 24.6 Å². The Morgan fingerprint density at radius 2 is 1.93 bits per heavy atom. The predicted molar refractivity (Wildman–Crippen MR) is 112 cm³/mol. The third kappa shape index (κ3) is 3.66. The molecule has 2 aromatic heterocycles. The number of hydrogen-bond donors (Lipinski definition) is 0. The Balaban J connectivity index is 1.51. The molecule has 0 unspecified atom stereocenters. The third-order valence-corrected chi connectivity index (χ3v) is 7.18. The summed E-state index contributed by atoms with van der Waals surface area (Å²) in [6.07, 6.45) is 5.34. The molecule has 0 saturated carbocycles. The number of hydrogen-bond acceptors (Lipinski definition) is 6. The molecule has 0 amide bonds. The molecule has 0 bridgehead atoms. The molecule has 3 heterocycles. The maximum absolute atomic E-state index is 13.1. The molecule has 0 aliphatic carbocycles. The lowest BCUT2D eigenvalue weighted by Gasteiger charge is -2.38. The first kappa shape index (κ1) is 20.4. The Hall–Kier alpha value is -2.91. The second-order valence-corrected chi connectivity index (χ2v) is 9.19. The zero-order valence-electron chi connectivity index (χ0n) is 17.1. The lowest BCUT2D eigenvalue weighted by molar-refractivity contribution is 0.179. The van der Waals surface area contributed by atoms with Gasteiger partial charge in [0, 0.05) is 61.5 Å². The lowest BCUT2D eigenvalue weighted by Crippen LogP contribution is -2.51. The number of aryl methyl sites for hydroxylation is 1. The van der Waals surface area contributed by atoms with E-state index in [9.17, 15) is 8.42 Å². The van der Waals surface area contributed by atoms with Crippen LogP contribution in [0.25, 0.3) is 11.4 Å². The Morgan fingerprint density at radius 3 is 2.60 bits per heavy atom. The average Bonchev–Trinajstić information content (AvgIpc) is 3.10. The van der Waals surface area contributed by atoms with E-state index in [1.54, 1.807) is 24.5 Å². The van der Waals surface area contributed by atoms with Crippen LogP contribution in [0.1, 0.15) is 5.69 Å². The first-order valence-corrected chi connectivity index (χ1v) is 11.0. The van der Waals surface area contributed by atoms with Gasteiger partial charge in [0.25, 0.3) is 0 Å². The van der Waals surface area contributed by atoms with Crippen molar-refractivity contribution >= 4 is 10.0 Å². The minimum Gasteiger partial charge on any atom is -0.497 e. The van der Waals surface area contributed by atoms with Crippen molar-refractivity contribution in [3.05, 3.63) is 54.6 Å². The summed E-state index contributed by atoms with van der Waals surface area (Å²) in [4.78, 5) is 8.81. The highest BCUT2D eigenvalue weighted by Gasteiger charge is 2.38. The van der Waals surface area contributed by atoms with Crippen molar-refractivity contribution in [2.75, 3.05) is 27.3 Å². The van der Waals surface area contributed by atoms with Crippen molar-refractivity contribution in [1.29, 1.82) is 0 Å². The number of methoxy groups -OCH3 is 2. The van der Waals surface area contributed by atoms with Gasteiger partial charge in [-0.3, -0.25) is 4.98 Å². The van der Waals surface area contributed by atoms with Crippen LogP contribution in [0.3, 0.4) is 0 Å². The van der Waals surface area contributed by atoms with Gasteiger partial charge in [0.05, 0.1) is 14.2 Å². The summed E-state index contributed by atoms with van der Waals surface area (Å²) in [6, 6.07) is 8.64. The molecule has 0 N–H and O–H groups in total. The number of imidazole rings is 1. The first-order valence-electron chi connectivity index (χ1n) is 9.58. The number of benzene rings is 1. The summed E-state index contributed by atoms with van der Waals surface area (Å²) in [5.41, 5.74) is 1.97. The van der Waals surface area contributed by atoms with Gasteiger partial charge in [-0.1, -0.05) is 0 Å². The summed E-state index contributed by atoms with van der Waals surface area (Å²) in [6.45, 7) is 3.57. The molecule has 1 aromatic carbocycles. The molecule has 158 valence electrons. The highest BCUT2D eigenvalue weighted by molar-refractivity contribution is 7.89. The van der Waals surface area contributed by atoms with Gasteiger partial charge < -0.3 is 14.0 Å². The van der Waals surface area contributed by atoms with Gasteiger partial charge in [0.1, 0.15) is 22.2 Å². The SMILES string of the molecule is COc1ccc(OC)c(S(=O)(=O)N2CC(Cn3c(C)cnc3-c3cccnc3)C2)c1. The largest absolute Gasteiger partial charge is 0.497 e. The molecule has 1 saturated heterocycles. The minimum absolute atomic E-state index is 0.123. The van der Waals surface area contributed by atoms with Crippen LogP contribution in [0.5, 0.6) is 11.5 Å². The van der Waals surface area contributed by atoms with E-state index < -0.39 is 10.0 Å². The number of ether oxygens (including phenoxy) is 2. The fraction of sp³-hybridized carbons (Fsp3) is 0.333. The molecule has 30 heavy (non-hydrogen) atoms. The summed E-state index contributed by atoms with van der Waals surface area (Å²) in [7, 11) is -0.703. The van der Waals surface area contributed by atoms with E-state index in [1.807, 2.05) is 25.3 Å². The standard InChI is InChI=1S/C21H24N4O4S/c1-15-10-23-21(17-5-4-8-22-11-17)25(15)14-16-12-24(13-16)30(26,27)20-9-18(28-2)6-7-19(20)29-3/h4-11,16H,12-14H2,1-3H3. The second kappa shape index (κ2) is 8.08. The molecule has 0 atom stereocenters. The molecule has 1 fully saturated rings.